The van der Waals surface area contributed by atoms with Crippen LogP contribution in [0.1, 0.15) is 19.3 Å². The highest BCUT2D eigenvalue weighted by molar-refractivity contribution is 6.01. The Morgan fingerprint density at radius 1 is 1.13 bits per heavy atom. The van der Waals surface area contributed by atoms with Gasteiger partial charge in [-0.05, 0) is 31.4 Å². The molecule has 2 aliphatic heterocycles. The van der Waals surface area contributed by atoms with Crippen LogP contribution in [0.4, 0.5) is 5.69 Å². The van der Waals surface area contributed by atoms with Crippen molar-refractivity contribution < 1.29 is 24.2 Å². The van der Waals surface area contributed by atoms with Crippen molar-refractivity contribution in [3.05, 3.63) is 30.3 Å². The molecule has 2 heterocycles. The number of hydrogen-bond donors (Lipinski definition) is 2. The lowest BCUT2D eigenvalue weighted by molar-refractivity contribution is -0.152. The molecule has 7 nitrogen and oxygen atoms in total. The van der Waals surface area contributed by atoms with E-state index >= 15 is 0 Å². The van der Waals surface area contributed by atoms with Crippen LogP contribution in [-0.4, -0.2) is 47.7 Å². The standard InChI is InChI=1S/C16H18N2O5/c19-14(12-6-7-13(23-12)16(21)22)17-11-8-9-18(15(11)20)10-4-2-1-3-5-10/h1-5,11-13H,6-9H2,(H,17,19)(H,21,22)/t11?,12-,13+/m0/s1. The fourth-order valence-electron chi connectivity index (χ4n) is 2.95. The highest BCUT2D eigenvalue weighted by Crippen LogP contribution is 2.23. The first kappa shape index (κ1) is 15.5. The summed E-state index contributed by atoms with van der Waals surface area (Å²) in [6, 6.07) is 8.69. The van der Waals surface area contributed by atoms with E-state index in [1.807, 2.05) is 30.3 Å². The molecule has 0 spiro atoms. The molecule has 0 bridgehead atoms. The predicted molar refractivity (Wildman–Crippen MR) is 80.9 cm³/mol. The van der Waals surface area contributed by atoms with Crippen molar-refractivity contribution in [3.63, 3.8) is 0 Å². The number of carbonyl (C=O) groups excluding carboxylic acids is 2. The molecule has 2 N–H and O–H groups in total. The molecule has 3 atom stereocenters. The summed E-state index contributed by atoms with van der Waals surface area (Å²) in [6.45, 7) is 0.539. The van der Waals surface area contributed by atoms with Gasteiger partial charge in [-0.25, -0.2) is 4.79 Å². The zero-order valence-corrected chi connectivity index (χ0v) is 12.5. The number of carboxylic acid groups (broad SMARTS) is 1. The molecular weight excluding hydrogens is 300 g/mol. The summed E-state index contributed by atoms with van der Waals surface area (Å²) >= 11 is 0. The van der Waals surface area contributed by atoms with Crippen LogP contribution in [0.3, 0.4) is 0 Å². The maximum atomic E-state index is 12.4. The second-order valence-corrected chi connectivity index (χ2v) is 5.70. The van der Waals surface area contributed by atoms with Crippen LogP contribution in [0.5, 0.6) is 0 Å². The van der Waals surface area contributed by atoms with Crippen molar-refractivity contribution in [2.75, 3.05) is 11.4 Å². The lowest BCUT2D eigenvalue weighted by atomic mass is 10.1. The molecule has 2 saturated heterocycles. The van der Waals surface area contributed by atoms with E-state index < -0.39 is 30.1 Å². The number of ether oxygens (including phenoxy) is 1. The molecule has 2 aliphatic rings. The van der Waals surface area contributed by atoms with E-state index in [9.17, 15) is 14.4 Å². The number of benzene rings is 1. The second kappa shape index (κ2) is 6.37. The van der Waals surface area contributed by atoms with E-state index in [-0.39, 0.29) is 5.91 Å². The summed E-state index contributed by atoms with van der Waals surface area (Å²) in [5, 5.41) is 11.6. The third-order valence-electron chi connectivity index (χ3n) is 4.18. The monoisotopic (exact) mass is 318 g/mol. The summed E-state index contributed by atoms with van der Waals surface area (Å²) in [5.74, 6) is -1.63. The van der Waals surface area contributed by atoms with Gasteiger partial charge in [-0.2, -0.15) is 0 Å². The molecule has 2 amide bonds. The first-order chi connectivity index (χ1) is 11.1. The van der Waals surface area contributed by atoms with Gasteiger partial charge in [-0.15, -0.1) is 0 Å². The van der Waals surface area contributed by atoms with Gasteiger partial charge < -0.3 is 20.1 Å². The third-order valence-corrected chi connectivity index (χ3v) is 4.18. The summed E-state index contributed by atoms with van der Waals surface area (Å²) in [5.41, 5.74) is 0.803. The minimum atomic E-state index is -1.06. The minimum Gasteiger partial charge on any atom is -0.479 e. The Hall–Kier alpha value is -2.41. The van der Waals surface area contributed by atoms with Crippen LogP contribution in [0.25, 0.3) is 0 Å². The van der Waals surface area contributed by atoms with Crippen LogP contribution < -0.4 is 10.2 Å². The van der Waals surface area contributed by atoms with Crippen LogP contribution in [0.2, 0.25) is 0 Å². The van der Waals surface area contributed by atoms with E-state index in [0.717, 1.165) is 5.69 Å². The van der Waals surface area contributed by atoms with Crippen molar-refractivity contribution in [2.45, 2.75) is 37.5 Å². The van der Waals surface area contributed by atoms with Crippen LogP contribution >= 0.6 is 0 Å². The molecule has 2 fully saturated rings. The lowest BCUT2D eigenvalue weighted by Gasteiger charge is -2.18. The van der Waals surface area contributed by atoms with Gasteiger partial charge in [0.2, 0.25) is 11.8 Å². The van der Waals surface area contributed by atoms with Crippen LogP contribution in [-0.2, 0) is 19.1 Å². The SMILES string of the molecule is O=C(NC1CCN(c2ccccc2)C1=O)[C@@H]1CC[C@H](C(=O)O)O1. The number of nitrogens with zero attached hydrogens (tertiary/aromatic N) is 1. The van der Waals surface area contributed by atoms with E-state index in [0.29, 0.717) is 25.8 Å². The minimum absolute atomic E-state index is 0.155. The Morgan fingerprint density at radius 2 is 1.83 bits per heavy atom. The molecule has 0 aromatic heterocycles. The topological polar surface area (TPSA) is 95.9 Å². The maximum Gasteiger partial charge on any atom is 0.332 e. The van der Waals surface area contributed by atoms with Gasteiger partial charge in [-0.3, -0.25) is 9.59 Å². The number of amides is 2. The van der Waals surface area contributed by atoms with Crippen molar-refractivity contribution in [3.8, 4) is 0 Å². The Morgan fingerprint density at radius 3 is 2.48 bits per heavy atom. The average Bonchev–Trinajstić information content (AvgIpc) is 3.16. The average molecular weight is 318 g/mol. The molecule has 0 saturated carbocycles. The van der Waals surface area contributed by atoms with Gasteiger partial charge in [-0.1, -0.05) is 18.2 Å². The molecule has 1 unspecified atom stereocenters. The molecule has 7 heteroatoms. The smallest absolute Gasteiger partial charge is 0.332 e. The molecule has 0 aliphatic carbocycles. The van der Waals surface area contributed by atoms with Crippen molar-refractivity contribution >= 4 is 23.5 Å². The van der Waals surface area contributed by atoms with Crippen LogP contribution in [0.15, 0.2) is 30.3 Å². The van der Waals surface area contributed by atoms with Crippen LogP contribution in [0, 0.1) is 0 Å². The fourth-order valence-corrected chi connectivity index (χ4v) is 2.95. The molecule has 122 valence electrons. The fraction of sp³-hybridized carbons (Fsp3) is 0.438. The highest BCUT2D eigenvalue weighted by atomic mass is 16.5. The Kier molecular flexibility index (Phi) is 4.29. The van der Waals surface area contributed by atoms with Crippen molar-refractivity contribution in [1.82, 2.24) is 5.32 Å². The number of anilines is 1. The molecule has 3 rings (SSSR count). The number of para-hydroxylation sites is 1. The molecule has 1 aromatic rings. The predicted octanol–water partition coefficient (Wildman–Crippen LogP) is 0.540. The van der Waals surface area contributed by atoms with E-state index in [4.69, 9.17) is 9.84 Å². The van der Waals surface area contributed by atoms with Crippen molar-refractivity contribution in [1.29, 1.82) is 0 Å². The zero-order valence-electron chi connectivity index (χ0n) is 12.5. The number of hydrogen-bond acceptors (Lipinski definition) is 4. The van der Waals surface area contributed by atoms with Crippen molar-refractivity contribution in [2.24, 2.45) is 0 Å². The number of aliphatic carboxylic acids is 1. The van der Waals surface area contributed by atoms with E-state index in [1.165, 1.54) is 0 Å². The number of rotatable bonds is 4. The van der Waals surface area contributed by atoms with E-state index in [1.54, 1.807) is 4.90 Å². The Bertz CT molecular complexity index is 618. The lowest BCUT2D eigenvalue weighted by Crippen LogP contribution is -2.45. The quantitative estimate of drug-likeness (QED) is 0.845. The zero-order chi connectivity index (χ0) is 16.4. The molecule has 1 aromatic carbocycles. The molecular formula is C16H18N2O5. The summed E-state index contributed by atoms with van der Waals surface area (Å²) in [4.78, 5) is 37.1. The largest absolute Gasteiger partial charge is 0.479 e. The first-order valence-electron chi connectivity index (χ1n) is 7.61. The second-order valence-electron chi connectivity index (χ2n) is 5.70. The van der Waals surface area contributed by atoms with Gasteiger partial charge in [0.25, 0.3) is 0 Å². The maximum absolute atomic E-state index is 12.4. The van der Waals surface area contributed by atoms with Gasteiger partial charge in [0.1, 0.15) is 12.1 Å². The summed E-state index contributed by atoms with van der Waals surface area (Å²) < 4.78 is 5.21. The number of nitrogens with one attached hydrogen (secondary N) is 1. The Balaban J connectivity index is 1.58. The van der Waals surface area contributed by atoms with Gasteiger partial charge in [0.15, 0.2) is 6.10 Å². The molecule has 0 radical (unpaired) electrons. The highest BCUT2D eigenvalue weighted by Gasteiger charge is 2.38. The summed E-state index contributed by atoms with van der Waals surface area (Å²) in [7, 11) is 0. The Labute approximate surface area is 133 Å². The van der Waals surface area contributed by atoms with Gasteiger partial charge in [0.05, 0.1) is 0 Å². The number of carboxylic acids is 1. The first-order valence-corrected chi connectivity index (χ1v) is 7.61. The van der Waals surface area contributed by atoms with E-state index in [2.05, 4.69) is 5.32 Å². The number of carbonyl (C=O) groups is 3. The van der Waals surface area contributed by atoms with Gasteiger partial charge in [0, 0.05) is 12.2 Å². The third kappa shape index (κ3) is 3.19. The molecule has 23 heavy (non-hydrogen) atoms. The van der Waals surface area contributed by atoms with Gasteiger partial charge >= 0.3 is 5.97 Å². The normalized spacial score (nSPS) is 27.2. The summed E-state index contributed by atoms with van der Waals surface area (Å²) in [6.07, 6.45) is -0.552.